The molecule has 0 spiro atoms. The van der Waals surface area contributed by atoms with Crippen molar-refractivity contribution in [3.05, 3.63) is 52.8 Å². The smallest absolute Gasteiger partial charge is 0.303 e. The number of nitrogens with one attached hydrogen (secondary N) is 1. The van der Waals surface area contributed by atoms with Gasteiger partial charge in [-0.3, -0.25) is 14.3 Å². The predicted molar refractivity (Wildman–Crippen MR) is 90.6 cm³/mol. The van der Waals surface area contributed by atoms with Crippen LogP contribution < -0.4 is 5.32 Å². The SMILES string of the molecule is Cc1nn(C)c(C)c1CC(=O)N[C@H](CCC(=O)O)c1ccccc1. The summed E-state index contributed by atoms with van der Waals surface area (Å²) in [6, 6.07) is 9.13. The number of hydrogen-bond acceptors (Lipinski definition) is 3. The summed E-state index contributed by atoms with van der Waals surface area (Å²) in [6.07, 6.45) is 0.600. The molecule has 0 aliphatic heterocycles. The first kappa shape index (κ1) is 17.7. The molecule has 6 heteroatoms. The second kappa shape index (κ2) is 7.77. The van der Waals surface area contributed by atoms with Crippen LogP contribution in [0.3, 0.4) is 0 Å². The molecule has 24 heavy (non-hydrogen) atoms. The van der Waals surface area contributed by atoms with Crippen LogP contribution >= 0.6 is 0 Å². The minimum atomic E-state index is -0.871. The van der Waals surface area contributed by atoms with E-state index in [0.717, 1.165) is 22.5 Å². The fourth-order valence-electron chi connectivity index (χ4n) is 2.75. The van der Waals surface area contributed by atoms with E-state index in [1.54, 1.807) is 4.68 Å². The molecule has 0 saturated carbocycles. The monoisotopic (exact) mass is 329 g/mol. The highest BCUT2D eigenvalue weighted by atomic mass is 16.4. The number of carboxylic acid groups (broad SMARTS) is 1. The van der Waals surface area contributed by atoms with Gasteiger partial charge in [0.1, 0.15) is 0 Å². The van der Waals surface area contributed by atoms with Crippen molar-refractivity contribution in [2.24, 2.45) is 7.05 Å². The minimum absolute atomic E-state index is 0.00475. The number of carbonyl (C=O) groups excluding carboxylic acids is 1. The van der Waals surface area contributed by atoms with E-state index in [0.29, 0.717) is 6.42 Å². The first-order chi connectivity index (χ1) is 11.4. The van der Waals surface area contributed by atoms with Gasteiger partial charge in [-0.2, -0.15) is 5.10 Å². The van der Waals surface area contributed by atoms with Crippen molar-refractivity contribution in [2.75, 3.05) is 0 Å². The third kappa shape index (κ3) is 4.44. The van der Waals surface area contributed by atoms with Crippen molar-refractivity contribution >= 4 is 11.9 Å². The number of aromatic nitrogens is 2. The minimum Gasteiger partial charge on any atom is -0.481 e. The number of carboxylic acids is 1. The van der Waals surface area contributed by atoms with Crippen LogP contribution in [0.5, 0.6) is 0 Å². The van der Waals surface area contributed by atoms with E-state index in [1.807, 2.05) is 51.2 Å². The Labute approximate surface area is 141 Å². The van der Waals surface area contributed by atoms with Crippen LogP contribution in [0.1, 0.15) is 41.4 Å². The molecule has 0 aliphatic rings. The number of hydrogen-bond donors (Lipinski definition) is 2. The standard InChI is InChI=1S/C18H23N3O3/c1-12-15(13(2)21(3)20-12)11-17(22)19-16(9-10-18(23)24)14-7-5-4-6-8-14/h4-8,16H,9-11H2,1-3H3,(H,19,22)(H,23,24)/t16-/m1/s1. The largest absolute Gasteiger partial charge is 0.481 e. The Bertz CT molecular complexity index is 723. The van der Waals surface area contributed by atoms with E-state index in [2.05, 4.69) is 10.4 Å². The average Bonchev–Trinajstić information content (AvgIpc) is 2.78. The normalized spacial score (nSPS) is 12.0. The molecule has 1 aromatic heterocycles. The van der Waals surface area contributed by atoms with Crippen LogP contribution in [0, 0.1) is 13.8 Å². The molecule has 0 aliphatic carbocycles. The van der Waals surface area contributed by atoms with Crippen molar-refractivity contribution in [1.82, 2.24) is 15.1 Å². The van der Waals surface area contributed by atoms with Gasteiger partial charge in [-0.25, -0.2) is 0 Å². The first-order valence-electron chi connectivity index (χ1n) is 7.93. The summed E-state index contributed by atoms with van der Waals surface area (Å²) in [5.41, 5.74) is 3.63. The Morgan fingerprint density at radius 1 is 1.25 bits per heavy atom. The van der Waals surface area contributed by atoms with Gasteiger partial charge in [0.25, 0.3) is 0 Å². The Balaban J connectivity index is 2.10. The van der Waals surface area contributed by atoms with Crippen LogP contribution in [0.4, 0.5) is 0 Å². The van der Waals surface area contributed by atoms with E-state index in [4.69, 9.17) is 5.11 Å². The molecule has 128 valence electrons. The highest BCUT2D eigenvalue weighted by Crippen LogP contribution is 2.19. The average molecular weight is 329 g/mol. The second-order valence-corrected chi connectivity index (χ2v) is 5.91. The van der Waals surface area contributed by atoms with E-state index in [9.17, 15) is 9.59 Å². The highest BCUT2D eigenvalue weighted by Gasteiger charge is 2.18. The predicted octanol–water partition coefficient (Wildman–Crippen LogP) is 2.30. The summed E-state index contributed by atoms with van der Waals surface area (Å²) in [5.74, 6) is -1.00. The Kier molecular flexibility index (Phi) is 5.73. The number of nitrogens with zero attached hydrogens (tertiary/aromatic N) is 2. The molecule has 1 heterocycles. The maximum atomic E-state index is 12.5. The van der Waals surface area contributed by atoms with Crippen LogP contribution in [0.25, 0.3) is 0 Å². The molecular formula is C18H23N3O3. The molecule has 0 unspecified atom stereocenters. The molecule has 6 nitrogen and oxygen atoms in total. The second-order valence-electron chi connectivity index (χ2n) is 5.91. The zero-order valence-corrected chi connectivity index (χ0v) is 14.2. The summed E-state index contributed by atoms with van der Waals surface area (Å²) in [5, 5.41) is 16.2. The lowest BCUT2D eigenvalue weighted by molar-refractivity contribution is -0.137. The van der Waals surface area contributed by atoms with Crippen molar-refractivity contribution < 1.29 is 14.7 Å². The third-order valence-corrected chi connectivity index (χ3v) is 4.18. The van der Waals surface area contributed by atoms with Crippen LogP contribution in [-0.2, 0) is 23.1 Å². The van der Waals surface area contributed by atoms with Gasteiger partial charge in [-0.15, -0.1) is 0 Å². The number of amides is 1. The fourth-order valence-corrected chi connectivity index (χ4v) is 2.75. The topological polar surface area (TPSA) is 84.2 Å². The van der Waals surface area contributed by atoms with Crippen molar-refractivity contribution in [3.8, 4) is 0 Å². The summed E-state index contributed by atoms with van der Waals surface area (Å²) < 4.78 is 1.76. The van der Waals surface area contributed by atoms with Gasteiger partial charge in [0.15, 0.2) is 0 Å². The Hall–Kier alpha value is -2.63. The number of aliphatic carboxylic acids is 1. The van der Waals surface area contributed by atoms with Gasteiger partial charge in [-0.05, 0) is 25.8 Å². The summed E-state index contributed by atoms with van der Waals surface area (Å²) >= 11 is 0. The Morgan fingerprint density at radius 3 is 2.46 bits per heavy atom. The van der Waals surface area contributed by atoms with Gasteiger partial charge in [-0.1, -0.05) is 30.3 Å². The van der Waals surface area contributed by atoms with Gasteiger partial charge in [0, 0.05) is 24.7 Å². The quantitative estimate of drug-likeness (QED) is 0.816. The van der Waals surface area contributed by atoms with Gasteiger partial charge < -0.3 is 10.4 Å². The highest BCUT2D eigenvalue weighted by molar-refractivity contribution is 5.79. The molecule has 0 saturated heterocycles. The lowest BCUT2D eigenvalue weighted by Gasteiger charge is -2.18. The maximum Gasteiger partial charge on any atom is 0.303 e. The molecule has 0 fully saturated rings. The number of benzene rings is 1. The van der Waals surface area contributed by atoms with Crippen molar-refractivity contribution in [1.29, 1.82) is 0 Å². The number of carbonyl (C=O) groups is 2. The van der Waals surface area contributed by atoms with Crippen molar-refractivity contribution in [2.45, 2.75) is 39.2 Å². The molecule has 2 N–H and O–H groups in total. The first-order valence-corrected chi connectivity index (χ1v) is 7.93. The van der Waals surface area contributed by atoms with Crippen LogP contribution in [0.2, 0.25) is 0 Å². The van der Waals surface area contributed by atoms with Gasteiger partial charge in [0.2, 0.25) is 5.91 Å². The molecule has 1 amide bonds. The number of aryl methyl sites for hydroxylation is 2. The zero-order chi connectivity index (χ0) is 17.7. The summed E-state index contributed by atoms with van der Waals surface area (Å²) in [4.78, 5) is 23.3. The number of rotatable bonds is 7. The lowest BCUT2D eigenvalue weighted by Crippen LogP contribution is -2.30. The van der Waals surface area contributed by atoms with E-state index in [-0.39, 0.29) is 24.8 Å². The third-order valence-electron chi connectivity index (χ3n) is 4.18. The maximum absolute atomic E-state index is 12.5. The molecule has 0 radical (unpaired) electrons. The molecule has 1 atom stereocenters. The summed E-state index contributed by atoms with van der Waals surface area (Å²) in [7, 11) is 1.85. The Morgan fingerprint density at radius 2 is 1.92 bits per heavy atom. The lowest BCUT2D eigenvalue weighted by atomic mass is 10.0. The van der Waals surface area contributed by atoms with Crippen molar-refractivity contribution in [3.63, 3.8) is 0 Å². The molecule has 2 aromatic rings. The van der Waals surface area contributed by atoms with Gasteiger partial charge >= 0.3 is 5.97 Å². The van der Waals surface area contributed by atoms with Crippen LogP contribution in [-0.4, -0.2) is 26.8 Å². The molecule has 2 rings (SSSR count). The van der Waals surface area contributed by atoms with Crippen LogP contribution in [0.15, 0.2) is 30.3 Å². The van der Waals surface area contributed by atoms with Gasteiger partial charge in [0.05, 0.1) is 18.2 Å². The molecule has 1 aromatic carbocycles. The fraction of sp³-hybridized carbons (Fsp3) is 0.389. The molecule has 0 bridgehead atoms. The molecular weight excluding hydrogens is 306 g/mol. The van der Waals surface area contributed by atoms with E-state index in [1.165, 1.54) is 0 Å². The zero-order valence-electron chi connectivity index (χ0n) is 14.2. The van der Waals surface area contributed by atoms with E-state index >= 15 is 0 Å². The van der Waals surface area contributed by atoms with E-state index < -0.39 is 5.97 Å². The summed E-state index contributed by atoms with van der Waals surface area (Å²) in [6.45, 7) is 3.82.